The Kier molecular flexibility index (Phi) is 5.37. The van der Waals surface area contributed by atoms with Crippen molar-refractivity contribution < 1.29 is 8.42 Å². The van der Waals surface area contributed by atoms with E-state index < -0.39 is 10.0 Å². The van der Waals surface area contributed by atoms with E-state index in [0.29, 0.717) is 17.3 Å². The van der Waals surface area contributed by atoms with Crippen molar-refractivity contribution in [1.29, 1.82) is 0 Å². The second kappa shape index (κ2) is 6.85. The Bertz CT molecular complexity index is 576. The van der Waals surface area contributed by atoms with Gasteiger partial charge in [-0.05, 0) is 43.3 Å². The molecule has 4 nitrogen and oxygen atoms in total. The Morgan fingerprint density at radius 3 is 2.95 bits per heavy atom. The SMILES string of the molecule is CCCNCc1csc(S(=O)(=O)N2CCC=C(C)C2)c1. The zero-order chi connectivity index (χ0) is 14.6. The van der Waals surface area contributed by atoms with Gasteiger partial charge in [-0.25, -0.2) is 8.42 Å². The molecule has 112 valence electrons. The molecule has 0 spiro atoms. The maximum absolute atomic E-state index is 12.6. The van der Waals surface area contributed by atoms with Crippen LogP contribution in [-0.4, -0.2) is 32.4 Å². The first-order chi connectivity index (χ1) is 9.54. The second-order valence-electron chi connectivity index (χ2n) is 5.13. The van der Waals surface area contributed by atoms with Crippen molar-refractivity contribution in [2.75, 3.05) is 19.6 Å². The van der Waals surface area contributed by atoms with Gasteiger partial charge in [0, 0.05) is 19.6 Å². The van der Waals surface area contributed by atoms with Crippen molar-refractivity contribution >= 4 is 21.4 Å². The molecule has 0 bridgehead atoms. The predicted molar refractivity (Wildman–Crippen MR) is 83.4 cm³/mol. The Morgan fingerprint density at radius 2 is 2.25 bits per heavy atom. The molecule has 2 rings (SSSR count). The van der Waals surface area contributed by atoms with Crippen molar-refractivity contribution in [1.82, 2.24) is 9.62 Å². The smallest absolute Gasteiger partial charge is 0.252 e. The van der Waals surface area contributed by atoms with Gasteiger partial charge in [0.05, 0.1) is 0 Å². The quantitative estimate of drug-likeness (QED) is 0.648. The lowest BCUT2D eigenvalue weighted by atomic mass is 10.2. The Hall–Kier alpha value is -0.690. The molecule has 1 aliphatic heterocycles. The third kappa shape index (κ3) is 3.69. The first kappa shape index (κ1) is 15.7. The lowest BCUT2D eigenvalue weighted by Gasteiger charge is -2.24. The van der Waals surface area contributed by atoms with E-state index in [1.165, 1.54) is 11.3 Å². The van der Waals surface area contributed by atoms with Gasteiger partial charge in [-0.2, -0.15) is 4.31 Å². The molecule has 20 heavy (non-hydrogen) atoms. The molecular formula is C14H22N2O2S2. The van der Waals surface area contributed by atoms with Crippen LogP contribution in [0.4, 0.5) is 0 Å². The van der Waals surface area contributed by atoms with Gasteiger partial charge in [-0.15, -0.1) is 11.3 Å². The molecule has 2 heterocycles. The number of thiophene rings is 1. The summed E-state index contributed by atoms with van der Waals surface area (Å²) in [6, 6.07) is 1.80. The van der Waals surface area contributed by atoms with Crippen LogP contribution in [0.15, 0.2) is 27.3 Å². The summed E-state index contributed by atoms with van der Waals surface area (Å²) in [6.07, 6.45) is 4.00. The highest BCUT2D eigenvalue weighted by Gasteiger charge is 2.27. The average molecular weight is 314 g/mol. The monoisotopic (exact) mass is 314 g/mol. The van der Waals surface area contributed by atoms with Gasteiger partial charge in [-0.1, -0.05) is 18.6 Å². The molecule has 1 aromatic heterocycles. The van der Waals surface area contributed by atoms with E-state index in [2.05, 4.69) is 18.3 Å². The summed E-state index contributed by atoms with van der Waals surface area (Å²) < 4.78 is 27.2. The van der Waals surface area contributed by atoms with Gasteiger partial charge >= 0.3 is 0 Å². The highest BCUT2D eigenvalue weighted by molar-refractivity contribution is 7.91. The number of sulfonamides is 1. The molecular weight excluding hydrogens is 292 g/mol. The Labute approximate surface area is 125 Å². The molecule has 0 fully saturated rings. The first-order valence-electron chi connectivity index (χ1n) is 6.98. The van der Waals surface area contributed by atoms with E-state index in [1.807, 2.05) is 12.3 Å². The summed E-state index contributed by atoms with van der Waals surface area (Å²) in [7, 11) is -3.32. The van der Waals surface area contributed by atoms with Gasteiger partial charge < -0.3 is 5.32 Å². The van der Waals surface area contributed by atoms with Gasteiger partial charge in [0.1, 0.15) is 4.21 Å². The minimum absolute atomic E-state index is 0.459. The number of hydrogen-bond acceptors (Lipinski definition) is 4. The van der Waals surface area contributed by atoms with Crippen molar-refractivity contribution in [2.24, 2.45) is 0 Å². The van der Waals surface area contributed by atoms with E-state index >= 15 is 0 Å². The minimum atomic E-state index is -3.32. The molecule has 1 N–H and O–H groups in total. The summed E-state index contributed by atoms with van der Waals surface area (Å²) >= 11 is 1.32. The largest absolute Gasteiger partial charge is 0.313 e. The zero-order valence-electron chi connectivity index (χ0n) is 12.1. The predicted octanol–water partition coefficient (Wildman–Crippen LogP) is 2.59. The topological polar surface area (TPSA) is 49.4 Å². The van der Waals surface area contributed by atoms with Crippen molar-refractivity contribution in [3.05, 3.63) is 28.7 Å². The van der Waals surface area contributed by atoms with Crippen LogP contribution in [0.25, 0.3) is 0 Å². The van der Waals surface area contributed by atoms with Crippen LogP contribution in [0.5, 0.6) is 0 Å². The fourth-order valence-electron chi connectivity index (χ4n) is 2.20. The van der Waals surface area contributed by atoms with E-state index in [1.54, 1.807) is 10.4 Å². The number of nitrogens with one attached hydrogen (secondary N) is 1. The average Bonchev–Trinajstić information content (AvgIpc) is 2.88. The number of rotatable bonds is 6. The van der Waals surface area contributed by atoms with Crippen molar-refractivity contribution in [3.8, 4) is 0 Å². The molecule has 0 saturated heterocycles. The summed E-state index contributed by atoms with van der Waals surface area (Å²) in [5.41, 5.74) is 2.17. The molecule has 6 heteroatoms. The van der Waals surface area contributed by atoms with Crippen LogP contribution < -0.4 is 5.32 Å². The summed E-state index contributed by atoms with van der Waals surface area (Å²) in [4.78, 5) is 0. The standard InChI is InChI=1S/C14H22N2O2S2/c1-3-6-15-9-13-8-14(19-11-13)20(17,18)16-7-4-5-12(2)10-16/h5,8,11,15H,3-4,6-7,9-10H2,1-2H3. The first-order valence-corrected chi connectivity index (χ1v) is 9.30. The molecule has 0 aliphatic carbocycles. The van der Waals surface area contributed by atoms with Crippen molar-refractivity contribution in [3.63, 3.8) is 0 Å². The van der Waals surface area contributed by atoms with E-state index in [0.717, 1.165) is 37.1 Å². The normalized spacial score (nSPS) is 17.2. The lowest BCUT2D eigenvalue weighted by Crippen LogP contribution is -2.35. The van der Waals surface area contributed by atoms with Crippen LogP contribution in [0.3, 0.4) is 0 Å². The van der Waals surface area contributed by atoms with Crippen LogP contribution >= 0.6 is 11.3 Å². The zero-order valence-corrected chi connectivity index (χ0v) is 13.7. The fourth-order valence-corrected chi connectivity index (χ4v) is 5.06. The second-order valence-corrected chi connectivity index (χ2v) is 8.20. The molecule has 0 aromatic carbocycles. The van der Waals surface area contributed by atoms with Crippen LogP contribution in [0.2, 0.25) is 0 Å². The summed E-state index contributed by atoms with van der Waals surface area (Å²) in [6.45, 7) is 6.89. The van der Waals surface area contributed by atoms with E-state index in [4.69, 9.17) is 0 Å². The molecule has 0 saturated carbocycles. The van der Waals surface area contributed by atoms with Gasteiger partial charge in [0.15, 0.2) is 0 Å². The minimum Gasteiger partial charge on any atom is -0.313 e. The third-order valence-corrected chi connectivity index (χ3v) is 6.59. The fraction of sp³-hybridized carbons (Fsp3) is 0.571. The van der Waals surface area contributed by atoms with Crippen LogP contribution in [0.1, 0.15) is 32.3 Å². The number of hydrogen-bond donors (Lipinski definition) is 1. The van der Waals surface area contributed by atoms with E-state index in [9.17, 15) is 8.42 Å². The maximum Gasteiger partial charge on any atom is 0.252 e. The van der Waals surface area contributed by atoms with Gasteiger partial charge in [-0.3, -0.25) is 0 Å². The summed E-state index contributed by atoms with van der Waals surface area (Å²) in [5, 5.41) is 5.22. The molecule has 0 atom stereocenters. The molecule has 1 aliphatic rings. The third-order valence-electron chi connectivity index (χ3n) is 3.28. The highest BCUT2D eigenvalue weighted by Crippen LogP contribution is 2.26. The molecule has 1 aromatic rings. The van der Waals surface area contributed by atoms with Crippen LogP contribution in [0, 0.1) is 0 Å². The Morgan fingerprint density at radius 1 is 1.45 bits per heavy atom. The van der Waals surface area contributed by atoms with E-state index in [-0.39, 0.29) is 0 Å². The molecule has 0 amide bonds. The molecule has 0 unspecified atom stereocenters. The highest BCUT2D eigenvalue weighted by atomic mass is 32.2. The molecule has 0 radical (unpaired) electrons. The Balaban J connectivity index is 2.08. The van der Waals surface area contributed by atoms with Crippen molar-refractivity contribution in [2.45, 2.75) is 37.4 Å². The lowest BCUT2D eigenvalue weighted by molar-refractivity contribution is 0.429. The van der Waals surface area contributed by atoms with Gasteiger partial charge in [0.2, 0.25) is 0 Å². The number of nitrogens with zero attached hydrogens (tertiary/aromatic N) is 1. The van der Waals surface area contributed by atoms with Crippen LogP contribution in [-0.2, 0) is 16.6 Å². The maximum atomic E-state index is 12.6. The van der Waals surface area contributed by atoms with Gasteiger partial charge in [0.25, 0.3) is 10.0 Å². The summed E-state index contributed by atoms with van der Waals surface area (Å²) in [5.74, 6) is 0.